The maximum Gasteiger partial charge on any atom is 0.308 e. The molecular weight excluding hydrogens is 334 g/mol. The quantitative estimate of drug-likeness (QED) is 0.510. The highest BCUT2D eigenvalue weighted by molar-refractivity contribution is 5.71. The molecule has 0 radical (unpaired) electrons. The van der Waals surface area contributed by atoms with Gasteiger partial charge in [0.25, 0.3) is 0 Å². The van der Waals surface area contributed by atoms with Crippen molar-refractivity contribution in [1.82, 2.24) is 5.06 Å². The van der Waals surface area contributed by atoms with Crippen molar-refractivity contribution in [2.45, 2.75) is 64.7 Å². The van der Waals surface area contributed by atoms with Crippen LogP contribution in [0, 0.1) is 12.8 Å². The molecule has 1 amide bonds. The van der Waals surface area contributed by atoms with E-state index in [0.29, 0.717) is 25.9 Å². The highest BCUT2D eigenvalue weighted by Gasteiger charge is 2.31. The van der Waals surface area contributed by atoms with Gasteiger partial charge in [-0.1, -0.05) is 29.8 Å². The Morgan fingerprint density at radius 2 is 2.12 bits per heavy atom. The van der Waals surface area contributed by atoms with Gasteiger partial charge in [0.05, 0.1) is 12.0 Å². The van der Waals surface area contributed by atoms with Gasteiger partial charge in [-0.3, -0.25) is 9.59 Å². The van der Waals surface area contributed by atoms with Crippen molar-refractivity contribution >= 4 is 12.4 Å². The highest BCUT2D eigenvalue weighted by Crippen LogP contribution is 2.22. The van der Waals surface area contributed by atoms with Gasteiger partial charge >= 0.3 is 5.97 Å². The number of ether oxygens (including phenoxy) is 1. The Balaban J connectivity index is 1.89. The van der Waals surface area contributed by atoms with Gasteiger partial charge in [-0.15, -0.1) is 0 Å². The van der Waals surface area contributed by atoms with Gasteiger partial charge in [0, 0.05) is 13.0 Å². The molecule has 1 aliphatic heterocycles. The second-order valence-electron chi connectivity index (χ2n) is 6.93. The minimum Gasteiger partial charge on any atom is -0.481 e. The van der Waals surface area contributed by atoms with Gasteiger partial charge in [-0.25, -0.2) is 9.90 Å². The molecule has 1 aromatic carbocycles. The summed E-state index contributed by atoms with van der Waals surface area (Å²) in [6, 6.07) is 7.68. The molecule has 0 saturated carbocycles. The Bertz CT molecular complexity index is 568. The molecule has 1 heterocycles. The van der Waals surface area contributed by atoms with Gasteiger partial charge in [0.1, 0.15) is 0 Å². The normalized spacial score (nSPS) is 19.5. The van der Waals surface area contributed by atoms with Crippen LogP contribution >= 0.6 is 0 Å². The topological polar surface area (TPSA) is 76.1 Å². The number of carboxylic acid groups (broad SMARTS) is 1. The molecule has 6 heteroatoms. The number of carboxylic acids is 1. The van der Waals surface area contributed by atoms with Crippen LogP contribution in [0.15, 0.2) is 24.3 Å². The summed E-state index contributed by atoms with van der Waals surface area (Å²) in [4.78, 5) is 28.7. The third-order valence-electron chi connectivity index (χ3n) is 4.88. The molecule has 3 atom stereocenters. The van der Waals surface area contributed by atoms with Crippen molar-refractivity contribution in [3.8, 4) is 0 Å². The van der Waals surface area contributed by atoms with Crippen molar-refractivity contribution in [2.75, 3.05) is 6.61 Å². The van der Waals surface area contributed by atoms with Gasteiger partial charge in [0.15, 0.2) is 6.29 Å². The number of benzene rings is 1. The monoisotopic (exact) mass is 363 g/mol. The first kappa shape index (κ1) is 20.4. The molecule has 144 valence electrons. The zero-order chi connectivity index (χ0) is 18.9. The van der Waals surface area contributed by atoms with Crippen LogP contribution in [-0.2, 0) is 25.6 Å². The van der Waals surface area contributed by atoms with Gasteiger partial charge in [-0.05, 0) is 51.5 Å². The number of hydrogen-bond acceptors (Lipinski definition) is 4. The van der Waals surface area contributed by atoms with Crippen LogP contribution in [0.2, 0.25) is 0 Å². The molecule has 0 spiro atoms. The Morgan fingerprint density at radius 3 is 2.69 bits per heavy atom. The average molecular weight is 363 g/mol. The fourth-order valence-electron chi connectivity index (χ4n) is 3.18. The van der Waals surface area contributed by atoms with Gasteiger partial charge in [0.2, 0.25) is 6.41 Å². The zero-order valence-electron chi connectivity index (χ0n) is 15.6. The van der Waals surface area contributed by atoms with Gasteiger partial charge < -0.3 is 9.84 Å². The van der Waals surface area contributed by atoms with E-state index in [1.807, 2.05) is 6.92 Å². The number of aryl methyl sites for hydroxylation is 2. The second-order valence-corrected chi connectivity index (χ2v) is 6.93. The van der Waals surface area contributed by atoms with Crippen LogP contribution in [0.3, 0.4) is 0 Å². The predicted octanol–water partition coefficient (Wildman–Crippen LogP) is 3.32. The molecule has 0 aromatic heterocycles. The van der Waals surface area contributed by atoms with E-state index in [2.05, 4.69) is 24.3 Å². The largest absolute Gasteiger partial charge is 0.481 e. The molecule has 3 unspecified atom stereocenters. The lowest BCUT2D eigenvalue weighted by Gasteiger charge is -2.33. The number of amides is 1. The summed E-state index contributed by atoms with van der Waals surface area (Å²) in [5, 5.41) is 10.7. The average Bonchev–Trinajstić information content (AvgIpc) is 2.65. The minimum atomic E-state index is -0.915. The van der Waals surface area contributed by atoms with E-state index in [1.165, 1.54) is 11.1 Å². The van der Waals surface area contributed by atoms with Crippen molar-refractivity contribution < 1.29 is 24.3 Å². The van der Waals surface area contributed by atoms with Crippen molar-refractivity contribution in [2.24, 2.45) is 5.92 Å². The number of carbonyl (C=O) groups is 2. The lowest BCUT2D eigenvalue weighted by Crippen LogP contribution is -2.44. The maximum absolute atomic E-state index is 11.7. The Kier molecular flexibility index (Phi) is 8.06. The number of hydrogen-bond donors (Lipinski definition) is 1. The van der Waals surface area contributed by atoms with Crippen molar-refractivity contribution in [1.29, 1.82) is 0 Å². The minimum absolute atomic E-state index is 0.474. The van der Waals surface area contributed by atoms with Crippen LogP contribution in [0.4, 0.5) is 0 Å². The van der Waals surface area contributed by atoms with E-state index in [-0.39, 0.29) is 0 Å². The fourth-order valence-corrected chi connectivity index (χ4v) is 3.18. The first-order chi connectivity index (χ1) is 12.5. The molecule has 1 aromatic rings. The molecule has 1 fully saturated rings. The van der Waals surface area contributed by atoms with Crippen molar-refractivity contribution in [3.63, 3.8) is 0 Å². The first-order valence-corrected chi connectivity index (χ1v) is 9.31. The lowest BCUT2D eigenvalue weighted by atomic mass is 9.93. The molecule has 6 nitrogen and oxygen atoms in total. The third kappa shape index (κ3) is 6.11. The van der Waals surface area contributed by atoms with Crippen LogP contribution in [0.25, 0.3) is 0 Å². The van der Waals surface area contributed by atoms with E-state index < -0.39 is 24.2 Å². The molecule has 1 N–H and O–H groups in total. The van der Waals surface area contributed by atoms with Crippen LogP contribution < -0.4 is 0 Å². The summed E-state index contributed by atoms with van der Waals surface area (Å²) < 4.78 is 5.48. The van der Waals surface area contributed by atoms with Gasteiger partial charge in [-0.2, -0.15) is 0 Å². The lowest BCUT2D eigenvalue weighted by molar-refractivity contribution is -0.288. The molecule has 26 heavy (non-hydrogen) atoms. The zero-order valence-corrected chi connectivity index (χ0v) is 15.6. The number of hydroxylamine groups is 2. The van der Waals surface area contributed by atoms with E-state index >= 15 is 0 Å². The Morgan fingerprint density at radius 1 is 1.38 bits per heavy atom. The Hall–Kier alpha value is -1.92. The second kappa shape index (κ2) is 10.3. The third-order valence-corrected chi connectivity index (χ3v) is 4.88. The van der Waals surface area contributed by atoms with E-state index in [9.17, 15) is 14.7 Å². The SMILES string of the molecule is Cc1ccc(CCCC(C(=O)O)C(C)N(C=O)OC2CCCCO2)cc1. The van der Waals surface area contributed by atoms with Crippen LogP contribution in [-0.4, -0.2) is 41.5 Å². The summed E-state index contributed by atoms with van der Waals surface area (Å²) in [5.41, 5.74) is 2.39. The predicted molar refractivity (Wildman–Crippen MR) is 97.3 cm³/mol. The van der Waals surface area contributed by atoms with Crippen LogP contribution in [0.1, 0.15) is 50.2 Å². The summed E-state index contributed by atoms with van der Waals surface area (Å²) >= 11 is 0. The number of rotatable bonds is 10. The smallest absolute Gasteiger partial charge is 0.308 e. The molecule has 2 rings (SSSR count). The Labute approximate surface area is 155 Å². The van der Waals surface area contributed by atoms with E-state index in [1.54, 1.807) is 6.92 Å². The number of carbonyl (C=O) groups excluding carboxylic acids is 1. The highest BCUT2D eigenvalue weighted by atomic mass is 16.8. The summed E-state index contributed by atoms with van der Waals surface area (Å²) in [7, 11) is 0. The summed E-state index contributed by atoms with van der Waals surface area (Å²) in [6.45, 7) is 4.35. The molecule has 0 bridgehead atoms. The maximum atomic E-state index is 11.7. The number of aliphatic carboxylic acids is 1. The number of nitrogens with zero attached hydrogens (tertiary/aromatic N) is 1. The molecular formula is C20H29NO5. The summed E-state index contributed by atoms with van der Waals surface area (Å²) in [6.07, 6.45) is 4.77. The van der Waals surface area contributed by atoms with Crippen molar-refractivity contribution in [3.05, 3.63) is 35.4 Å². The molecule has 1 saturated heterocycles. The van der Waals surface area contributed by atoms with E-state index in [4.69, 9.17) is 9.57 Å². The molecule has 0 aliphatic carbocycles. The standard InChI is InChI=1S/C20H29NO5/c1-15-9-11-17(12-10-15)6-5-7-18(20(23)24)16(2)21(14-22)26-19-8-3-4-13-25-19/h9-12,14,16,18-19H,3-8,13H2,1-2H3,(H,23,24). The fraction of sp³-hybridized carbons (Fsp3) is 0.600. The first-order valence-electron chi connectivity index (χ1n) is 9.31. The van der Waals surface area contributed by atoms with Crippen LogP contribution in [0.5, 0.6) is 0 Å². The summed E-state index contributed by atoms with van der Waals surface area (Å²) in [5.74, 6) is -1.60. The molecule has 1 aliphatic rings. The van der Waals surface area contributed by atoms with E-state index in [0.717, 1.165) is 30.7 Å².